The van der Waals surface area contributed by atoms with E-state index in [1.807, 2.05) is 13.0 Å². The second-order valence-electron chi connectivity index (χ2n) is 2.77. The standard InChI is InChI=1S/C8H14N2O/c1-3-4-7(9)8-5-6(2)10-11-8/h5,7H,3-4,9H2,1-2H3. The Bertz CT molecular complexity index is 220. The number of hydrogen-bond donors (Lipinski definition) is 1. The van der Waals surface area contributed by atoms with E-state index in [2.05, 4.69) is 12.1 Å². The van der Waals surface area contributed by atoms with Gasteiger partial charge in [-0.1, -0.05) is 18.5 Å². The van der Waals surface area contributed by atoms with E-state index in [9.17, 15) is 0 Å². The molecule has 11 heavy (non-hydrogen) atoms. The van der Waals surface area contributed by atoms with Crippen LogP contribution in [-0.2, 0) is 0 Å². The summed E-state index contributed by atoms with van der Waals surface area (Å²) in [6.07, 6.45) is 2.02. The van der Waals surface area contributed by atoms with Crippen LogP contribution in [0, 0.1) is 6.92 Å². The first-order valence-corrected chi connectivity index (χ1v) is 3.93. The summed E-state index contributed by atoms with van der Waals surface area (Å²) in [7, 11) is 0. The van der Waals surface area contributed by atoms with Gasteiger partial charge in [-0.2, -0.15) is 0 Å². The first kappa shape index (κ1) is 8.27. The van der Waals surface area contributed by atoms with E-state index in [1.54, 1.807) is 0 Å². The fourth-order valence-electron chi connectivity index (χ4n) is 1.01. The van der Waals surface area contributed by atoms with Gasteiger partial charge in [0.25, 0.3) is 0 Å². The Morgan fingerprint density at radius 2 is 2.45 bits per heavy atom. The minimum absolute atomic E-state index is 0.0150. The molecule has 3 heteroatoms. The van der Waals surface area contributed by atoms with Gasteiger partial charge in [-0.3, -0.25) is 0 Å². The molecule has 1 rings (SSSR count). The molecule has 1 atom stereocenters. The third-order valence-electron chi connectivity index (χ3n) is 1.61. The number of nitrogens with two attached hydrogens (primary N) is 1. The number of aromatic nitrogens is 1. The molecule has 0 radical (unpaired) electrons. The van der Waals surface area contributed by atoms with Crippen molar-refractivity contribution in [2.75, 3.05) is 0 Å². The molecule has 0 saturated heterocycles. The Kier molecular flexibility index (Phi) is 2.65. The monoisotopic (exact) mass is 154 g/mol. The Labute approximate surface area is 66.6 Å². The summed E-state index contributed by atoms with van der Waals surface area (Å²) in [4.78, 5) is 0. The average molecular weight is 154 g/mol. The number of aryl methyl sites for hydroxylation is 1. The van der Waals surface area contributed by atoms with Crippen molar-refractivity contribution in [3.05, 3.63) is 17.5 Å². The van der Waals surface area contributed by atoms with Gasteiger partial charge >= 0.3 is 0 Å². The van der Waals surface area contributed by atoms with Gasteiger partial charge < -0.3 is 10.3 Å². The minimum atomic E-state index is 0.0150. The predicted octanol–water partition coefficient (Wildman–Crippen LogP) is 1.78. The van der Waals surface area contributed by atoms with E-state index in [4.69, 9.17) is 10.3 Å². The van der Waals surface area contributed by atoms with E-state index >= 15 is 0 Å². The highest BCUT2D eigenvalue weighted by molar-refractivity contribution is 5.06. The third-order valence-corrected chi connectivity index (χ3v) is 1.61. The molecular formula is C8H14N2O. The molecule has 3 nitrogen and oxygen atoms in total. The lowest BCUT2D eigenvalue weighted by molar-refractivity contribution is 0.352. The highest BCUT2D eigenvalue weighted by Crippen LogP contribution is 2.15. The molecule has 0 fully saturated rings. The van der Waals surface area contributed by atoms with Crippen LogP contribution in [0.5, 0.6) is 0 Å². The van der Waals surface area contributed by atoms with Crippen molar-refractivity contribution in [3.63, 3.8) is 0 Å². The van der Waals surface area contributed by atoms with Crippen LogP contribution < -0.4 is 5.73 Å². The van der Waals surface area contributed by atoms with Crippen molar-refractivity contribution in [1.82, 2.24) is 5.16 Å². The highest BCUT2D eigenvalue weighted by atomic mass is 16.5. The smallest absolute Gasteiger partial charge is 0.153 e. The molecule has 1 aromatic rings. The zero-order chi connectivity index (χ0) is 8.27. The van der Waals surface area contributed by atoms with Crippen molar-refractivity contribution in [1.29, 1.82) is 0 Å². The van der Waals surface area contributed by atoms with Gasteiger partial charge in [0.2, 0.25) is 0 Å². The third kappa shape index (κ3) is 2.05. The number of hydrogen-bond acceptors (Lipinski definition) is 3. The predicted molar refractivity (Wildman–Crippen MR) is 43.1 cm³/mol. The molecule has 0 aliphatic heterocycles. The second kappa shape index (κ2) is 3.53. The molecule has 62 valence electrons. The molecule has 2 N–H and O–H groups in total. The van der Waals surface area contributed by atoms with Gasteiger partial charge in [0.05, 0.1) is 11.7 Å². The van der Waals surface area contributed by atoms with Crippen LogP contribution in [0.2, 0.25) is 0 Å². The van der Waals surface area contributed by atoms with Crippen LogP contribution in [0.1, 0.15) is 37.3 Å². The van der Waals surface area contributed by atoms with Crippen molar-refractivity contribution in [2.45, 2.75) is 32.7 Å². The first-order chi connectivity index (χ1) is 5.24. The fraction of sp³-hybridized carbons (Fsp3) is 0.625. The maximum atomic E-state index is 5.79. The Balaban J connectivity index is 2.60. The minimum Gasteiger partial charge on any atom is -0.359 e. The van der Waals surface area contributed by atoms with Crippen LogP contribution in [0.15, 0.2) is 10.6 Å². The van der Waals surface area contributed by atoms with E-state index in [-0.39, 0.29) is 6.04 Å². The van der Waals surface area contributed by atoms with Crippen LogP contribution in [0.25, 0.3) is 0 Å². The summed E-state index contributed by atoms with van der Waals surface area (Å²) in [6.45, 7) is 3.99. The molecule has 0 spiro atoms. The topological polar surface area (TPSA) is 52.0 Å². The maximum Gasteiger partial charge on any atom is 0.153 e. The lowest BCUT2D eigenvalue weighted by Crippen LogP contribution is -2.08. The normalized spacial score (nSPS) is 13.4. The van der Waals surface area contributed by atoms with E-state index in [1.165, 1.54) is 0 Å². The summed E-state index contributed by atoms with van der Waals surface area (Å²) in [5, 5.41) is 3.76. The summed E-state index contributed by atoms with van der Waals surface area (Å²) in [5.74, 6) is 0.796. The van der Waals surface area contributed by atoms with Gasteiger partial charge in [-0.05, 0) is 13.3 Å². The Morgan fingerprint density at radius 1 is 1.73 bits per heavy atom. The molecular weight excluding hydrogens is 140 g/mol. The molecule has 0 aliphatic rings. The van der Waals surface area contributed by atoms with Gasteiger partial charge in [0, 0.05) is 6.07 Å². The van der Waals surface area contributed by atoms with Gasteiger partial charge in [-0.15, -0.1) is 0 Å². The van der Waals surface area contributed by atoms with Crippen molar-refractivity contribution < 1.29 is 4.52 Å². The zero-order valence-corrected chi connectivity index (χ0v) is 7.00. The summed E-state index contributed by atoms with van der Waals surface area (Å²) in [5.41, 5.74) is 6.68. The fourth-order valence-corrected chi connectivity index (χ4v) is 1.01. The molecule has 0 bridgehead atoms. The molecule has 0 amide bonds. The number of rotatable bonds is 3. The second-order valence-corrected chi connectivity index (χ2v) is 2.77. The van der Waals surface area contributed by atoms with Crippen LogP contribution in [0.4, 0.5) is 0 Å². The highest BCUT2D eigenvalue weighted by Gasteiger charge is 2.09. The summed E-state index contributed by atoms with van der Waals surface area (Å²) < 4.78 is 5.00. The van der Waals surface area contributed by atoms with E-state index in [0.29, 0.717) is 0 Å². The molecule has 0 saturated carbocycles. The van der Waals surface area contributed by atoms with E-state index < -0.39 is 0 Å². The van der Waals surface area contributed by atoms with Gasteiger partial charge in [0.1, 0.15) is 0 Å². The maximum absolute atomic E-state index is 5.79. The van der Waals surface area contributed by atoms with Crippen molar-refractivity contribution in [3.8, 4) is 0 Å². The molecule has 1 aromatic heterocycles. The summed E-state index contributed by atoms with van der Waals surface area (Å²) >= 11 is 0. The molecule has 0 aromatic carbocycles. The summed E-state index contributed by atoms with van der Waals surface area (Å²) in [6, 6.07) is 1.90. The largest absolute Gasteiger partial charge is 0.359 e. The van der Waals surface area contributed by atoms with Gasteiger partial charge in [0.15, 0.2) is 5.76 Å². The average Bonchev–Trinajstić information content (AvgIpc) is 2.36. The molecule has 1 unspecified atom stereocenters. The Hall–Kier alpha value is -0.830. The quantitative estimate of drug-likeness (QED) is 0.722. The van der Waals surface area contributed by atoms with Crippen molar-refractivity contribution in [2.24, 2.45) is 5.73 Å². The Morgan fingerprint density at radius 3 is 2.91 bits per heavy atom. The lowest BCUT2D eigenvalue weighted by atomic mass is 10.1. The van der Waals surface area contributed by atoms with Crippen molar-refractivity contribution >= 4 is 0 Å². The van der Waals surface area contributed by atoms with Gasteiger partial charge in [-0.25, -0.2) is 0 Å². The van der Waals surface area contributed by atoms with E-state index in [0.717, 1.165) is 24.3 Å². The molecule has 0 aliphatic carbocycles. The van der Waals surface area contributed by atoms with Crippen LogP contribution >= 0.6 is 0 Å². The molecule has 1 heterocycles. The SMILES string of the molecule is CCCC(N)c1cc(C)no1. The van der Waals surface area contributed by atoms with Crippen LogP contribution in [-0.4, -0.2) is 5.16 Å². The zero-order valence-electron chi connectivity index (χ0n) is 7.00. The van der Waals surface area contributed by atoms with Crippen LogP contribution in [0.3, 0.4) is 0 Å². The number of nitrogens with zero attached hydrogens (tertiary/aromatic N) is 1. The first-order valence-electron chi connectivity index (χ1n) is 3.93. The lowest BCUT2D eigenvalue weighted by Gasteiger charge is -2.03.